The largest absolute Gasteiger partial charge is 0.466 e. The molecular formula is C13H24N2O3. The predicted molar refractivity (Wildman–Crippen MR) is 69.1 cm³/mol. The summed E-state index contributed by atoms with van der Waals surface area (Å²) in [7, 11) is 0. The molecule has 1 amide bonds. The first kappa shape index (κ1) is 15.0. The molecule has 1 atom stereocenters. The lowest BCUT2D eigenvalue weighted by Crippen LogP contribution is -2.53. The topological polar surface area (TPSA) is 58.6 Å². The fourth-order valence-electron chi connectivity index (χ4n) is 2.13. The lowest BCUT2D eigenvalue weighted by atomic mass is 10.1. The van der Waals surface area contributed by atoms with Gasteiger partial charge in [0.1, 0.15) is 0 Å². The van der Waals surface area contributed by atoms with Crippen LogP contribution in [0.3, 0.4) is 0 Å². The Morgan fingerprint density at radius 1 is 1.44 bits per heavy atom. The molecule has 0 aromatic rings. The SMILES string of the molecule is CCOC(=O)CCCCCN1CCNC(=O)C1C. The van der Waals surface area contributed by atoms with Crippen molar-refractivity contribution in [3.8, 4) is 0 Å². The molecule has 1 fully saturated rings. The summed E-state index contributed by atoms with van der Waals surface area (Å²) in [6, 6.07) is -0.0243. The van der Waals surface area contributed by atoms with E-state index in [-0.39, 0.29) is 17.9 Å². The van der Waals surface area contributed by atoms with Gasteiger partial charge in [-0.15, -0.1) is 0 Å². The molecule has 1 saturated heterocycles. The number of esters is 1. The van der Waals surface area contributed by atoms with E-state index in [0.29, 0.717) is 13.0 Å². The highest BCUT2D eigenvalue weighted by molar-refractivity contribution is 5.81. The molecule has 5 heteroatoms. The van der Waals surface area contributed by atoms with Gasteiger partial charge in [-0.25, -0.2) is 0 Å². The number of unbranched alkanes of at least 4 members (excludes halogenated alkanes) is 2. The van der Waals surface area contributed by atoms with Crippen LogP contribution in [0.1, 0.15) is 39.5 Å². The minimum atomic E-state index is -0.108. The van der Waals surface area contributed by atoms with Crippen molar-refractivity contribution in [2.24, 2.45) is 0 Å². The van der Waals surface area contributed by atoms with Gasteiger partial charge in [-0.1, -0.05) is 6.42 Å². The molecule has 0 bridgehead atoms. The van der Waals surface area contributed by atoms with Crippen LogP contribution < -0.4 is 5.32 Å². The maximum atomic E-state index is 11.4. The standard InChI is InChI=1S/C13H24N2O3/c1-3-18-12(16)7-5-4-6-9-15-10-8-14-13(17)11(15)2/h11H,3-10H2,1-2H3,(H,14,17). The number of piperazine rings is 1. The summed E-state index contributed by atoms with van der Waals surface area (Å²) < 4.78 is 4.87. The van der Waals surface area contributed by atoms with Gasteiger partial charge < -0.3 is 10.1 Å². The van der Waals surface area contributed by atoms with Crippen LogP contribution in [-0.2, 0) is 14.3 Å². The van der Waals surface area contributed by atoms with E-state index in [2.05, 4.69) is 10.2 Å². The lowest BCUT2D eigenvalue weighted by Gasteiger charge is -2.32. The first-order valence-electron chi connectivity index (χ1n) is 6.82. The predicted octanol–water partition coefficient (Wildman–Crippen LogP) is 0.930. The summed E-state index contributed by atoms with van der Waals surface area (Å²) in [6.45, 7) is 6.81. The Kier molecular flexibility index (Phi) is 6.72. The van der Waals surface area contributed by atoms with Crippen LogP contribution in [0, 0.1) is 0 Å². The highest BCUT2D eigenvalue weighted by atomic mass is 16.5. The van der Waals surface area contributed by atoms with E-state index < -0.39 is 0 Å². The molecule has 1 heterocycles. The Labute approximate surface area is 109 Å². The fourth-order valence-corrected chi connectivity index (χ4v) is 2.13. The monoisotopic (exact) mass is 256 g/mol. The molecule has 1 aliphatic heterocycles. The highest BCUT2D eigenvalue weighted by Crippen LogP contribution is 2.08. The molecule has 1 unspecified atom stereocenters. The van der Waals surface area contributed by atoms with Crippen LogP contribution in [0.4, 0.5) is 0 Å². The van der Waals surface area contributed by atoms with Crippen LogP contribution in [0.15, 0.2) is 0 Å². The minimum absolute atomic E-state index is 0.0243. The second-order valence-electron chi connectivity index (χ2n) is 4.62. The zero-order valence-electron chi connectivity index (χ0n) is 11.4. The van der Waals surface area contributed by atoms with Gasteiger partial charge in [-0.2, -0.15) is 0 Å². The molecule has 0 aliphatic carbocycles. The molecule has 1 rings (SSSR count). The first-order valence-corrected chi connectivity index (χ1v) is 6.82. The number of nitrogens with one attached hydrogen (secondary N) is 1. The molecule has 1 N–H and O–H groups in total. The molecular weight excluding hydrogens is 232 g/mol. The highest BCUT2D eigenvalue weighted by Gasteiger charge is 2.24. The molecule has 0 aromatic heterocycles. The first-order chi connectivity index (χ1) is 8.65. The van der Waals surface area contributed by atoms with Crippen LogP contribution in [0.5, 0.6) is 0 Å². The van der Waals surface area contributed by atoms with Gasteiger partial charge in [0.05, 0.1) is 12.6 Å². The number of amides is 1. The van der Waals surface area contributed by atoms with Gasteiger partial charge >= 0.3 is 5.97 Å². The van der Waals surface area contributed by atoms with Crippen LogP contribution in [0.25, 0.3) is 0 Å². The van der Waals surface area contributed by atoms with E-state index in [9.17, 15) is 9.59 Å². The van der Waals surface area contributed by atoms with Crippen molar-refractivity contribution in [3.63, 3.8) is 0 Å². The second-order valence-corrected chi connectivity index (χ2v) is 4.62. The quantitative estimate of drug-likeness (QED) is 0.544. The number of rotatable bonds is 7. The summed E-state index contributed by atoms with van der Waals surface area (Å²) in [5, 5.41) is 2.85. The van der Waals surface area contributed by atoms with Crippen molar-refractivity contribution >= 4 is 11.9 Å². The number of ether oxygens (including phenoxy) is 1. The minimum Gasteiger partial charge on any atom is -0.466 e. The zero-order chi connectivity index (χ0) is 13.4. The third-order valence-corrected chi connectivity index (χ3v) is 3.26. The van der Waals surface area contributed by atoms with Gasteiger partial charge in [-0.05, 0) is 33.2 Å². The third kappa shape index (κ3) is 5.04. The number of nitrogens with zero attached hydrogens (tertiary/aromatic N) is 1. The van der Waals surface area contributed by atoms with Crippen molar-refractivity contribution in [1.29, 1.82) is 0 Å². The van der Waals surface area contributed by atoms with Gasteiger partial charge in [0.2, 0.25) is 5.91 Å². The smallest absolute Gasteiger partial charge is 0.305 e. The molecule has 0 radical (unpaired) electrons. The summed E-state index contributed by atoms with van der Waals surface area (Å²) in [4.78, 5) is 24.8. The van der Waals surface area contributed by atoms with E-state index in [0.717, 1.165) is 38.9 Å². The van der Waals surface area contributed by atoms with Crippen molar-refractivity contribution in [1.82, 2.24) is 10.2 Å². The van der Waals surface area contributed by atoms with Gasteiger partial charge in [0.25, 0.3) is 0 Å². The normalized spacial score (nSPS) is 20.6. The third-order valence-electron chi connectivity index (χ3n) is 3.26. The number of carbonyl (C=O) groups is 2. The summed E-state index contributed by atoms with van der Waals surface area (Å²) in [5.41, 5.74) is 0. The second kappa shape index (κ2) is 8.08. The van der Waals surface area contributed by atoms with Crippen molar-refractivity contribution < 1.29 is 14.3 Å². The van der Waals surface area contributed by atoms with Crippen LogP contribution >= 0.6 is 0 Å². The van der Waals surface area contributed by atoms with Crippen LogP contribution in [-0.4, -0.2) is 49.1 Å². The van der Waals surface area contributed by atoms with E-state index in [1.165, 1.54) is 0 Å². The Morgan fingerprint density at radius 3 is 2.94 bits per heavy atom. The average Bonchev–Trinajstić information content (AvgIpc) is 2.34. The molecule has 104 valence electrons. The Morgan fingerprint density at radius 2 is 2.22 bits per heavy atom. The van der Waals surface area contributed by atoms with Gasteiger partial charge in [0.15, 0.2) is 0 Å². The summed E-state index contributed by atoms with van der Waals surface area (Å²) in [5.74, 6) is 0.0102. The maximum absolute atomic E-state index is 11.4. The summed E-state index contributed by atoms with van der Waals surface area (Å²) in [6.07, 6.45) is 3.40. The van der Waals surface area contributed by atoms with E-state index in [1.807, 2.05) is 13.8 Å². The number of carbonyl (C=O) groups excluding carboxylic acids is 2. The Balaban J connectivity index is 2.07. The molecule has 1 aliphatic rings. The van der Waals surface area contributed by atoms with E-state index in [4.69, 9.17) is 4.74 Å². The Bertz CT molecular complexity index is 281. The van der Waals surface area contributed by atoms with Crippen molar-refractivity contribution in [2.45, 2.75) is 45.6 Å². The molecule has 5 nitrogen and oxygen atoms in total. The van der Waals surface area contributed by atoms with Gasteiger partial charge in [0, 0.05) is 19.5 Å². The molecule has 0 saturated carbocycles. The average molecular weight is 256 g/mol. The Hall–Kier alpha value is -1.10. The lowest BCUT2D eigenvalue weighted by molar-refractivity contribution is -0.143. The number of hydrogen-bond acceptors (Lipinski definition) is 4. The van der Waals surface area contributed by atoms with E-state index >= 15 is 0 Å². The van der Waals surface area contributed by atoms with Crippen molar-refractivity contribution in [2.75, 3.05) is 26.2 Å². The zero-order valence-corrected chi connectivity index (χ0v) is 11.4. The summed E-state index contributed by atoms with van der Waals surface area (Å²) >= 11 is 0. The van der Waals surface area contributed by atoms with Crippen LogP contribution in [0.2, 0.25) is 0 Å². The number of hydrogen-bond donors (Lipinski definition) is 1. The fraction of sp³-hybridized carbons (Fsp3) is 0.846. The maximum Gasteiger partial charge on any atom is 0.305 e. The molecule has 0 spiro atoms. The van der Waals surface area contributed by atoms with Gasteiger partial charge in [-0.3, -0.25) is 14.5 Å². The molecule has 0 aromatic carbocycles. The van der Waals surface area contributed by atoms with Crippen molar-refractivity contribution in [3.05, 3.63) is 0 Å². The molecule has 18 heavy (non-hydrogen) atoms. The van der Waals surface area contributed by atoms with E-state index in [1.54, 1.807) is 0 Å².